The second-order valence-electron chi connectivity index (χ2n) is 8.20. The van der Waals surface area contributed by atoms with E-state index in [1.54, 1.807) is 0 Å². The van der Waals surface area contributed by atoms with Crippen LogP contribution >= 0.6 is 0 Å². The van der Waals surface area contributed by atoms with Gasteiger partial charge in [0.05, 0.1) is 6.61 Å². The zero-order valence-electron chi connectivity index (χ0n) is 15.9. The molecule has 0 spiro atoms. The topological polar surface area (TPSA) is 32.8 Å². The summed E-state index contributed by atoms with van der Waals surface area (Å²) in [6, 6.07) is 8.53. The number of piperazine rings is 1. The van der Waals surface area contributed by atoms with Gasteiger partial charge in [-0.25, -0.2) is 0 Å². The van der Waals surface area contributed by atoms with Crippen LogP contribution in [-0.2, 0) is 0 Å². The summed E-state index contributed by atoms with van der Waals surface area (Å²) in [5.41, 5.74) is 0.835. The van der Waals surface area contributed by atoms with Gasteiger partial charge in [0.25, 0.3) is 0 Å². The lowest BCUT2D eigenvalue weighted by molar-refractivity contribution is 0.0482. The fourth-order valence-corrected chi connectivity index (χ4v) is 4.35. The number of nitrogens with zero attached hydrogens (tertiary/aromatic N) is 2. The highest BCUT2D eigenvalue weighted by molar-refractivity contribution is 5.99. The number of ketones is 1. The third-order valence-electron chi connectivity index (χ3n) is 6.15. The molecule has 1 saturated carbocycles. The molecule has 4 heteroatoms. The standard InChI is InChI=1S/C22H32N2O2/c25-22(18-6-7-18)19-8-10-21(11-9-19)26-16-4-3-12-23-14-15-24-13-2-1-5-20(24)17-23/h8-11,18,20H,1-7,12-17H2. The summed E-state index contributed by atoms with van der Waals surface area (Å²) in [6.45, 7) is 7.03. The summed E-state index contributed by atoms with van der Waals surface area (Å²) >= 11 is 0. The van der Waals surface area contributed by atoms with Crippen molar-refractivity contribution in [2.75, 3.05) is 39.3 Å². The maximum atomic E-state index is 12.0. The lowest BCUT2D eigenvalue weighted by Gasteiger charge is -2.44. The maximum Gasteiger partial charge on any atom is 0.165 e. The van der Waals surface area contributed by atoms with Gasteiger partial charge < -0.3 is 9.64 Å². The highest BCUT2D eigenvalue weighted by Gasteiger charge is 2.30. The minimum absolute atomic E-state index is 0.289. The van der Waals surface area contributed by atoms with E-state index in [4.69, 9.17) is 4.74 Å². The summed E-state index contributed by atoms with van der Waals surface area (Å²) in [5, 5.41) is 0. The predicted molar refractivity (Wildman–Crippen MR) is 104 cm³/mol. The van der Waals surface area contributed by atoms with Crippen LogP contribution in [0, 0.1) is 5.92 Å². The summed E-state index contributed by atoms with van der Waals surface area (Å²) in [5.74, 6) is 1.47. The number of benzene rings is 1. The molecule has 1 atom stereocenters. The van der Waals surface area contributed by atoms with Crippen LogP contribution in [0.5, 0.6) is 5.75 Å². The van der Waals surface area contributed by atoms with E-state index >= 15 is 0 Å². The van der Waals surface area contributed by atoms with Gasteiger partial charge in [-0.3, -0.25) is 9.69 Å². The molecule has 0 bridgehead atoms. The third-order valence-corrected chi connectivity index (χ3v) is 6.15. The molecule has 1 unspecified atom stereocenters. The van der Waals surface area contributed by atoms with Crippen LogP contribution in [0.4, 0.5) is 0 Å². The first kappa shape index (κ1) is 18.0. The molecule has 1 aromatic rings. The molecule has 3 aliphatic rings. The van der Waals surface area contributed by atoms with E-state index in [1.807, 2.05) is 24.3 Å². The third kappa shape index (κ3) is 4.66. The molecule has 1 aromatic carbocycles. The van der Waals surface area contributed by atoms with E-state index in [9.17, 15) is 4.79 Å². The largest absolute Gasteiger partial charge is 0.494 e. The Kier molecular flexibility index (Phi) is 5.91. The van der Waals surface area contributed by atoms with Gasteiger partial charge in [0.1, 0.15) is 5.75 Å². The first-order valence-corrected chi connectivity index (χ1v) is 10.5. The molecule has 142 valence electrons. The van der Waals surface area contributed by atoms with Gasteiger partial charge in [0.2, 0.25) is 0 Å². The van der Waals surface area contributed by atoms with Crippen molar-refractivity contribution in [3.63, 3.8) is 0 Å². The summed E-state index contributed by atoms with van der Waals surface area (Å²) < 4.78 is 5.85. The summed E-state index contributed by atoms with van der Waals surface area (Å²) in [4.78, 5) is 17.3. The molecule has 2 saturated heterocycles. The van der Waals surface area contributed by atoms with Gasteiger partial charge in [0.15, 0.2) is 5.78 Å². The van der Waals surface area contributed by atoms with Crippen molar-refractivity contribution in [3.05, 3.63) is 29.8 Å². The van der Waals surface area contributed by atoms with Crippen LogP contribution < -0.4 is 4.74 Å². The number of hydrogen-bond donors (Lipinski definition) is 0. The van der Waals surface area contributed by atoms with Crippen molar-refractivity contribution < 1.29 is 9.53 Å². The summed E-state index contributed by atoms with van der Waals surface area (Å²) in [6.07, 6.45) is 8.61. The number of rotatable bonds is 8. The first-order chi connectivity index (χ1) is 12.8. The van der Waals surface area contributed by atoms with Crippen molar-refractivity contribution in [2.45, 2.75) is 51.0 Å². The highest BCUT2D eigenvalue weighted by atomic mass is 16.5. The van der Waals surface area contributed by atoms with E-state index in [0.717, 1.165) is 43.2 Å². The van der Waals surface area contributed by atoms with Gasteiger partial charge in [-0.15, -0.1) is 0 Å². The Bertz CT molecular complexity index is 597. The molecule has 1 aliphatic carbocycles. The number of carbonyl (C=O) groups is 1. The quantitative estimate of drug-likeness (QED) is 0.526. The lowest BCUT2D eigenvalue weighted by Crippen LogP contribution is -2.54. The minimum atomic E-state index is 0.289. The number of carbonyl (C=O) groups excluding carboxylic acids is 1. The Balaban J connectivity index is 1.12. The molecule has 3 fully saturated rings. The molecular formula is C22H32N2O2. The van der Waals surface area contributed by atoms with E-state index in [2.05, 4.69) is 9.80 Å². The van der Waals surface area contributed by atoms with Crippen molar-refractivity contribution in [1.82, 2.24) is 9.80 Å². The zero-order valence-corrected chi connectivity index (χ0v) is 15.9. The second-order valence-corrected chi connectivity index (χ2v) is 8.20. The van der Waals surface area contributed by atoms with Crippen LogP contribution in [0.15, 0.2) is 24.3 Å². The SMILES string of the molecule is O=C(c1ccc(OCCCCN2CCN3CCCCC3C2)cc1)C1CC1. The van der Waals surface area contributed by atoms with E-state index in [1.165, 1.54) is 58.4 Å². The molecule has 4 rings (SSSR count). The van der Waals surface area contributed by atoms with Crippen LogP contribution in [0.3, 0.4) is 0 Å². The lowest BCUT2D eigenvalue weighted by atomic mass is 9.99. The van der Waals surface area contributed by atoms with E-state index in [-0.39, 0.29) is 5.92 Å². The van der Waals surface area contributed by atoms with Gasteiger partial charge in [-0.2, -0.15) is 0 Å². The molecule has 4 nitrogen and oxygen atoms in total. The Hall–Kier alpha value is -1.39. The van der Waals surface area contributed by atoms with Crippen LogP contribution in [0.25, 0.3) is 0 Å². The maximum absolute atomic E-state index is 12.0. The van der Waals surface area contributed by atoms with Gasteiger partial charge >= 0.3 is 0 Å². The van der Waals surface area contributed by atoms with Crippen molar-refractivity contribution in [2.24, 2.45) is 5.92 Å². The van der Waals surface area contributed by atoms with Crippen LogP contribution in [0.2, 0.25) is 0 Å². The van der Waals surface area contributed by atoms with Crippen molar-refractivity contribution >= 4 is 5.78 Å². The number of hydrogen-bond acceptors (Lipinski definition) is 4. The highest BCUT2D eigenvalue weighted by Crippen LogP contribution is 2.32. The number of Topliss-reactive ketones (excluding diaryl/α,β-unsaturated/α-hetero) is 1. The van der Waals surface area contributed by atoms with Crippen molar-refractivity contribution in [1.29, 1.82) is 0 Å². The Morgan fingerprint density at radius 2 is 1.85 bits per heavy atom. The number of piperidine rings is 1. The average molecular weight is 357 g/mol. The molecule has 0 aromatic heterocycles. The van der Waals surface area contributed by atoms with Crippen LogP contribution in [-0.4, -0.2) is 61.0 Å². The Morgan fingerprint density at radius 1 is 1.00 bits per heavy atom. The minimum Gasteiger partial charge on any atom is -0.494 e. The zero-order chi connectivity index (χ0) is 17.8. The second kappa shape index (κ2) is 8.53. The molecule has 26 heavy (non-hydrogen) atoms. The van der Waals surface area contributed by atoms with Gasteiger partial charge in [-0.05, 0) is 75.9 Å². The average Bonchev–Trinajstić information content (AvgIpc) is 3.53. The normalized spacial score (nSPS) is 24.2. The van der Waals surface area contributed by atoms with E-state index < -0.39 is 0 Å². The van der Waals surface area contributed by atoms with E-state index in [0.29, 0.717) is 5.78 Å². The van der Waals surface area contributed by atoms with Gasteiger partial charge in [0, 0.05) is 37.2 Å². The Morgan fingerprint density at radius 3 is 2.65 bits per heavy atom. The summed E-state index contributed by atoms with van der Waals surface area (Å²) in [7, 11) is 0. The Labute approximate surface area is 157 Å². The monoisotopic (exact) mass is 356 g/mol. The van der Waals surface area contributed by atoms with Gasteiger partial charge in [-0.1, -0.05) is 6.42 Å². The number of ether oxygens (including phenoxy) is 1. The number of fused-ring (bicyclic) bond motifs is 1. The molecule has 0 N–H and O–H groups in total. The number of unbranched alkanes of at least 4 members (excludes halogenated alkanes) is 1. The smallest absolute Gasteiger partial charge is 0.165 e. The fraction of sp³-hybridized carbons (Fsp3) is 0.682. The molecule has 2 aliphatic heterocycles. The van der Waals surface area contributed by atoms with Crippen LogP contribution in [0.1, 0.15) is 55.3 Å². The predicted octanol–water partition coefficient (Wildman–Crippen LogP) is 3.61. The van der Waals surface area contributed by atoms with Crippen molar-refractivity contribution in [3.8, 4) is 5.75 Å². The fourth-order valence-electron chi connectivity index (χ4n) is 4.35. The molecular weight excluding hydrogens is 324 g/mol. The molecule has 0 radical (unpaired) electrons. The molecule has 0 amide bonds. The first-order valence-electron chi connectivity index (χ1n) is 10.5. The molecule has 2 heterocycles.